The van der Waals surface area contributed by atoms with Gasteiger partial charge in [-0.15, -0.1) is 0 Å². The van der Waals surface area contributed by atoms with E-state index >= 15 is 0 Å². The Morgan fingerprint density at radius 3 is 2.57 bits per heavy atom. The maximum absolute atomic E-state index is 12.6. The summed E-state index contributed by atoms with van der Waals surface area (Å²) in [5.74, 6) is 1.25. The highest BCUT2D eigenvalue weighted by Crippen LogP contribution is 2.29. The number of benzene rings is 1. The van der Waals surface area contributed by atoms with Crippen LogP contribution in [-0.2, 0) is 18.4 Å². The summed E-state index contributed by atoms with van der Waals surface area (Å²) in [7, 11) is 3.59. The van der Waals surface area contributed by atoms with Gasteiger partial charge < -0.3 is 18.9 Å². The van der Waals surface area contributed by atoms with E-state index in [1.807, 2.05) is 59.1 Å². The van der Waals surface area contributed by atoms with Crippen LogP contribution in [0, 0.1) is 0 Å². The van der Waals surface area contributed by atoms with Crippen molar-refractivity contribution in [2.45, 2.75) is 25.4 Å². The van der Waals surface area contributed by atoms with E-state index in [-0.39, 0.29) is 12.5 Å². The molecule has 2 aromatic rings. The Morgan fingerprint density at radius 2 is 1.96 bits per heavy atom. The Bertz CT molecular complexity index is 676. The van der Waals surface area contributed by atoms with Crippen LogP contribution in [0.15, 0.2) is 42.6 Å². The van der Waals surface area contributed by atoms with Crippen LogP contribution < -0.4 is 9.47 Å². The second kappa shape index (κ2) is 6.77. The second-order valence-corrected chi connectivity index (χ2v) is 5.80. The molecule has 1 aromatic carbocycles. The zero-order valence-electron chi connectivity index (χ0n) is 13.6. The number of ether oxygens (including phenoxy) is 2. The van der Waals surface area contributed by atoms with E-state index in [1.54, 1.807) is 7.11 Å². The summed E-state index contributed by atoms with van der Waals surface area (Å²) >= 11 is 0. The van der Waals surface area contributed by atoms with Gasteiger partial charge in [0, 0.05) is 25.0 Å². The Labute approximate surface area is 136 Å². The number of para-hydroxylation sites is 2. The second-order valence-electron chi connectivity index (χ2n) is 5.80. The zero-order valence-corrected chi connectivity index (χ0v) is 13.6. The molecule has 1 aromatic heterocycles. The minimum Gasteiger partial charge on any atom is -0.493 e. The van der Waals surface area contributed by atoms with Crippen molar-refractivity contribution in [2.24, 2.45) is 7.05 Å². The van der Waals surface area contributed by atoms with Gasteiger partial charge in [0.25, 0.3) is 5.91 Å². The maximum atomic E-state index is 12.6. The molecular weight excluding hydrogens is 292 g/mol. The number of rotatable bonds is 7. The van der Waals surface area contributed by atoms with Crippen molar-refractivity contribution in [2.75, 3.05) is 13.7 Å². The summed E-state index contributed by atoms with van der Waals surface area (Å²) in [5.41, 5.74) is 1.13. The van der Waals surface area contributed by atoms with Crippen LogP contribution >= 0.6 is 0 Å². The summed E-state index contributed by atoms with van der Waals surface area (Å²) in [6, 6.07) is 11.8. The quantitative estimate of drug-likeness (QED) is 0.789. The van der Waals surface area contributed by atoms with E-state index in [0.29, 0.717) is 24.1 Å². The monoisotopic (exact) mass is 314 g/mol. The molecular formula is C18H22N2O3. The molecule has 1 heterocycles. The molecule has 0 atom stereocenters. The molecule has 1 fully saturated rings. The van der Waals surface area contributed by atoms with Crippen molar-refractivity contribution in [1.29, 1.82) is 0 Å². The van der Waals surface area contributed by atoms with Gasteiger partial charge in [0.05, 0.1) is 13.7 Å². The van der Waals surface area contributed by atoms with Crippen LogP contribution in [0.5, 0.6) is 11.5 Å². The SMILES string of the molecule is COc1ccccc1OCC(=O)N(Cc1cccn1C)C1CC1. The number of hydrogen-bond acceptors (Lipinski definition) is 3. The van der Waals surface area contributed by atoms with Gasteiger partial charge in [-0.25, -0.2) is 0 Å². The topological polar surface area (TPSA) is 43.7 Å². The first kappa shape index (κ1) is 15.5. The van der Waals surface area contributed by atoms with Crippen LogP contribution in [0.25, 0.3) is 0 Å². The van der Waals surface area contributed by atoms with Crippen molar-refractivity contribution in [3.05, 3.63) is 48.3 Å². The third kappa shape index (κ3) is 3.67. The summed E-state index contributed by atoms with van der Waals surface area (Å²) in [4.78, 5) is 14.5. The minimum absolute atomic E-state index is 0.0135. The van der Waals surface area contributed by atoms with Gasteiger partial charge >= 0.3 is 0 Å². The first-order chi connectivity index (χ1) is 11.2. The third-order valence-corrected chi connectivity index (χ3v) is 4.11. The summed E-state index contributed by atoms with van der Waals surface area (Å²) in [6.45, 7) is 0.656. The average molecular weight is 314 g/mol. The molecule has 3 rings (SSSR count). The lowest BCUT2D eigenvalue weighted by molar-refractivity contribution is -0.134. The molecule has 5 heteroatoms. The van der Waals surface area contributed by atoms with E-state index in [4.69, 9.17) is 9.47 Å². The standard InChI is InChI=1S/C18H22N2O3/c1-19-11-5-6-15(19)12-20(14-9-10-14)18(21)13-23-17-8-4-3-7-16(17)22-2/h3-8,11,14H,9-10,12-13H2,1-2H3. The van der Waals surface area contributed by atoms with Crippen molar-refractivity contribution in [3.8, 4) is 11.5 Å². The lowest BCUT2D eigenvalue weighted by atomic mass is 10.3. The van der Waals surface area contributed by atoms with Gasteiger partial charge in [0.15, 0.2) is 18.1 Å². The Kier molecular flexibility index (Phi) is 4.55. The van der Waals surface area contributed by atoms with Crippen molar-refractivity contribution >= 4 is 5.91 Å². The van der Waals surface area contributed by atoms with Crippen molar-refractivity contribution in [1.82, 2.24) is 9.47 Å². The van der Waals surface area contributed by atoms with Crippen molar-refractivity contribution < 1.29 is 14.3 Å². The van der Waals surface area contributed by atoms with E-state index in [0.717, 1.165) is 18.5 Å². The van der Waals surface area contributed by atoms with Crippen LogP contribution in [0.2, 0.25) is 0 Å². The van der Waals surface area contributed by atoms with Crippen LogP contribution in [0.3, 0.4) is 0 Å². The first-order valence-corrected chi connectivity index (χ1v) is 7.84. The molecule has 1 aliphatic rings. The summed E-state index contributed by atoms with van der Waals surface area (Å²) < 4.78 is 13.0. The summed E-state index contributed by atoms with van der Waals surface area (Å²) in [5, 5.41) is 0. The lowest BCUT2D eigenvalue weighted by Gasteiger charge is -2.23. The number of hydrogen-bond donors (Lipinski definition) is 0. The van der Waals surface area contributed by atoms with Gasteiger partial charge in [-0.2, -0.15) is 0 Å². The van der Waals surface area contributed by atoms with E-state index in [2.05, 4.69) is 0 Å². The number of nitrogens with zero attached hydrogens (tertiary/aromatic N) is 2. The Morgan fingerprint density at radius 1 is 1.22 bits per heavy atom. The summed E-state index contributed by atoms with van der Waals surface area (Å²) in [6.07, 6.45) is 4.14. The number of carbonyl (C=O) groups excluding carboxylic acids is 1. The highest BCUT2D eigenvalue weighted by Gasteiger charge is 2.33. The van der Waals surface area contributed by atoms with Crippen LogP contribution in [-0.4, -0.2) is 35.1 Å². The number of aromatic nitrogens is 1. The number of aryl methyl sites for hydroxylation is 1. The molecule has 0 radical (unpaired) electrons. The Balaban J connectivity index is 1.64. The van der Waals surface area contributed by atoms with Gasteiger partial charge in [0.1, 0.15) is 0 Å². The molecule has 0 aliphatic heterocycles. The van der Waals surface area contributed by atoms with Crippen LogP contribution in [0.4, 0.5) is 0 Å². The zero-order chi connectivity index (χ0) is 16.2. The smallest absolute Gasteiger partial charge is 0.261 e. The molecule has 1 amide bonds. The molecule has 0 spiro atoms. The molecule has 1 saturated carbocycles. The fraction of sp³-hybridized carbons (Fsp3) is 0.389. The van der Waals surface area contributed by atoms with E-state index in [9.17, 15) is 4.79 Å². The molecule has 0 bridgehead atoms. The molecule has 122 valence electrons. The number of methoxy groups -OCH3 is 1. The fourth-order valence-corrected chi connectivity index (χ4v) is 2.60. The predicted molar refractivity (Wildman–Crippen MR) is 87.5 cm³/mol. The number of carbonyl (C=O) groups is 1. The third-order valence-electron chi connectivity index (χ3n) is 4.11. The van der Waals surface area contributed by atoms with Gasteiger partial charge in [0.2, 0.25) is 0 Å². The fourth-order valence-electron chi connectivity index (χ4n) is 2.60. The average Bonchev–Trinajstić information content (AvgIpc) is 3.33. The first-order valence-electron chi connectivity index (χ1n) is 7.84. The molecule has 23 heavy (non-hydrogen) atoms. The minimum atomic E-state index is 0.0135. The molecule has 0 N–H and O–H groups in total. The van der Waals surface area contributed by atoms with Gasteiger partial charge in [-0.1, -0.05) is 12.1 Å². The predicted octanol–water partition coefficient (Wildman–Crippen LogP) is 2.60. The highest BCUT2D eigenvalue weighted by atomic mass is 16.5. The normalized spacial score (nSPS) is 13.7. The van der Waals surface area contributed by atoms with Gasteiger partial charge in [-0.3, -0.25) is 4.79 Å². The molecule has 0 saturated heterocycles. The van der Waals surface area contributed by atoms with E-state index < -0.39 is 0 Å². The lowest BCUT2D eigenvalue weighted by Crippen LogP contribution is -2.36. The van der Waals surface area contributed by atoms with Crippen molar-refractivity contribution in [3.63, 3.8) is 0 Å². The Hall–Kier alpha value is -2.43. The maximum Gasteiger partial charge on any atom is 0.261 e. The van der Waals surface area contributed by atoms with Gasteiger partial charge in [-0.05, 0) is 37.1 Å². The highest BCUT2D eigenvalue weighted by molar-refractivity contribution is 5.78. The van der Waals surface area contributed by atoms with E-state index in [1.165, 1.54) is 0 Å². The molecule has 5 nitrogen and oxygen atoms in total. The molecule has 1 aliphatic carbocycles. The van der Waals surface area contributed by atoms with Crippen LogP contribution in [0.1, 0.15) is 18.5 Å². The largest absolute Gasteiger partial charge is 0.493 e. The molecule has 0 unspecified atom stereocenters. The number of amides is 1.